The van der Waals surface area contributed by atoms with Crippen LogP contribution in [0.25, 0.3) is 0 Å². The molecular formula is C19H18N4O2. The van der Waals surface area contributed by atoms with Gasteiger partial charge in [0.05, 0.1) is 7.11 Å². The second-order valence-electron chi connectivity index (χ2n) is 5.44. The number of methoxy groups -OCH3 is 1. The lowest BCUT2D eigenvalue weighted by atomic mass is 10.2. The molecule has 0 aliphatic rings. The predicted octanol–water partition coefficient (Wildman–Crippen LogP) is 3.79. The van der Waals surface area contributed by atoms with Crippen LogP contribution in [0.1, 0.15) is 16.1 Å². The molecule has 2 N–H and O–H groups in total. The fourth-order valence-corrected chi connectivity index (χ4v) is 2.27. The van der Waals surface area contributed by atoms with Gasteiger partial charge in [0.2, 0.25) is 5.95 Å². The van der Waals surface area contributed by atoms with Crippen LogP contribution in [0.15, 0.2) is 60.8 Å². The lowest BCUT2D eigenvalue weighted by Gasteiger charge is -2.08. The van der Waals surface area contributed by atoms with Gasteiger partial charge in [-0.3, -0.25) is 4.79 Å². The Balaban J connectivity index is 1.72. The first-order valence-corrected chi connectivity index (χ1v) is 7.76. The third-order valence-electron chi connectivity index (χ3n) is 3.51. The van der Waals surface area contributed by atoms with Crippen LogP contribution < -0.4 is 15.4 Å². The molecule has 0 aliphatic heterocycles. The van der Waals surface area contributed by atoms with E-state index in [1.807, 2.05) is 31.2 Å². The number of aryl methyl sites for hydroxylation is 1. The Kier molecular flexibility index (Phi) is 4.89. The molecule has 0 atom stereocenters. The van der Waals surface area contributed by atoms with Crippen molar-refractivity contribution in [1.29, 1.82) is 0 Å². The Bertz CT molecular complexity index is 879. The first kappa shape index (κ1) is 16.4. The van der Waals surface area contributed by atoms with Gasteiger partial charge in [0.25, 0.3) is 5.91 Å². The van der Waals surface area contributed by atoms with Crippen molar-refractivity contribution in [3.8, 4) is 5.75 Å². The summed E-state index contributed by atoms with van der Waals surface area (Å²) >= 11 is 0. The SMILES string of the molecule is COc1ccc(NC(=O)c2ccnc(Nc3cccc(C)c3)n2)cc1. The number of aromatic nitrogens is 2. The van der Waals surface area contributed by atoms with Gasteiger partial charge in [-0.25, -0.2) is 9.97 Å². The highest BCUT2D eigenvalue weighted by atomic mass is 16.5. The second-order valence-corrected chi connectivity index (χ2v) is 5.44. The van der Waals surface area contributed by atoms with E-state index in [0.717, 1.165) is 17.0 Å². The quantitative estimate of drug-likeness (QED) is 0.742. The largest absolute Gasteiger partial charge is 0.497 e. The molecule has 1 amide bonds. The topological polar surface area (TPSA) is 76.1 Å². The normalized spacial score (nSPS) is 10.2. The summed E-state index contributed by atoms with van der Waals surface area (Å²) in [4.78, 5) is 20.8. The van der Waals surface area contributed by atoms with E-state index in [-0.39, 0.29) is 11.6 Å². The Hall–Kier alpha value is -3.41. The maximum atomic E-state index is 12.4. The Morgan fingerprint density at radius 3 is 2.56 bits per heavy atom. The number of nitrogens with one attached hydrogen (secondary N) is 2. The van der Waals surface area contributed by atoms with Crippen LogP contribution in [0.4, 0.5) is 17.3 Å². The van der Waals surface area contributed by atoms with Gasteiger partial charge >= 0.3 is 0 Å². The average molecular weight is 334 g/mol. The molecule has 1 aromatic heterocycles. The Labute approximate surface area is 145 Å². The molecule has 6 nitrogen and oxygen atoms in total. The molecule has 25 heavy (non-hydrogen) atoms. The van der Waals surface area contributed by atoms with E-state index in [1.54, 1.807) is 43.6 Å². The molecule has 3 aromatic rings. The lowest BCUT2D eigenvalue weighted by Crippen LogP contribution is -2.14. The van der Waals surface area contributed by atoms with Gasteiger partial charge in [0.15, 0.2) is 0 Å². The molecule has 0 saturated heterocycles. The van der Waals surface area contributed by atoms with Gasteiger partial charge in [-0.1, -0.05) is 12.1 Å². The number of benzene rings is 2. The van der Waals surface area contributed by atoms with E-state index < -0.39 is 0 Å². The van der Waals surface area contributed by atoms with Gasteiger partial charge in [-0.05, 0) is 55.0 Å². The minimum Gasteiger partial charge on any atom is -0.497 e. The van der Waals surface area contributed by atoms with Gasteiger partial charge < -0.3 is 15.4 Å². The van der Waals surface area contributed by atoms with Crippen LogP contribution in [0.2, 0.25) is 0 Å². The number of hydrogen-bond donors (Lipinski definition) is 2. The summed E-state index contributed by atoms with van der Waals surface area (Å²) in [6.07, 6.45) is 1.55. The molecule has 6 heteroatoms. The number of carbonyl (C=O) groups excluding carboxylic acids is 1. The highest BCUT2D eigenvalue weighted by Gasteiger charge is 2.09. The fraction of sp³-hybridized carbons (Fsp3) is 0.105. The number of amides is 1. The first-order chi connectivity index (χ1) is 12.1. The van der Waals surface area contributed by atoms with E-state index in [0.29, 0.717) is 11.6 Å². The molecule has 0 unspecified atom stereocenters. The summed E-state index contributed by atoms with van der Waals surface area (Å²) in [6.45, 7) is 2.00. The van der Waals surface area contributed by atoms with Crippen LogP contribution in [-0.4, -0.2) is 23.0 Å². The lowest BCUT2D eigenvalue weighted by molar-refractivity contribution is 0.102. The maximum Gasteiger partial charge on any atom is 0.274 e. The predicted molar refractivity (Wildman–Crippen MR) is 97.4 cm³/mol. The van der Waals surface area contributed by atoms with Gasteiger partial charge in [0, 0.05) is 17.6 Å². The zero-order valence-electron chi connectivity index (χ0n) is 14.0. The second kappa shape index (κ2) is 7.44. The molecule has 0 saturated carbocycles. The molecule has 0 bridgehead atoms. The molecular weight excluding hydrogens is 316 g/mol. The minimum absolute atomic E-state index is 0.279. The summed E-state index contributed by atoms with van der Waals surface area (Å²) in [5, 5.41) is 5.90. The van der Waals surface area contributed by atoms with E-state index in [2.05, 4.69) is 20.6 Å². The number of ether oxygens (including phenoxy) is 1. The van der Waals surface area contributed by atoms with Crippen LogP contribution in [0, 0.1) is 6.92 Å². The van der Waals surface area contributed by atoms with Crippen LogP contribution >= 0.6 is 0 Å². The summed E-state index contributed by atoms with van der Waals surface area (Å²) < 4.78 is 5.10. The highest BCUT2D eigenvalue weighted by molar-refractivity contribution is 6.03. The Morgan fingerprint density at radius 2 is 1.84 bits per heavy atom. The Morgan fingerprint density at radius 1 is 1.04 bits per heavy atom. The molecule has 0 fully saturated rings. The summed E-state index contributed by atoms with van der Waals surface area (Å²) in [5.41, 5.74) is 2.93. The van der Waals surface area contributed by atoms with Crippen molar-refractivity contribution in [2.75, 3.05) is 17.7 Å². The number of nitrogens with zero attached hydrogens (tertiary/aromatic N) is 2. The molecule has 0 radical (unpaired) electrons. The average Bonchev–Trinajstić information content (AvgIpc) is 2.62. The number of anilines is 3. The maximum absolute atomic E-state index is 12.4. The zero-order valence-corrected chi connectivity index (χ0v) is 14.0. The van der Waals surface area contributed by atoms with Crippen molar-refractivity contribution in [1.82, 2.24) is 9.97 Å². The molecule has 0 spiro atoms. The molecule has 0 aliphatic carbocycles. The van der Waals surface area contributed by atoms with Gasteiger partial charge in [-0.2, -0.15) is 0 Å². The molecule has 1 heterocycles. The molecule has 126 valence electrons. The summed E-state index contributed by atoms with van der Waals surface area (Å²) in [6, 6.07) is 16.5. The number of hydrogen-bond acceptors (Lipinski definition) is 5. The van der Waals surface area contributed by atoms with Crippen LogP contribution in [-0.2, 0) is 0 Å². The van der Waals surface area contributed by atoms with Gasteiger partial charge in [0.1, 0.15) is 11.4 Å². The first-order valence-electron chi connectivity index (χ1n) is 7.76. The summed E-state index contributed by atoms with van der Waals surface area (Å²) in [7, 11) is 1.59. The molecule has 2 aromatic carbocycles. The van der Waals surface area contributed by atoms with E-state index >= 15 is 0 Å². The van der Waals surface area contributed by atoms with Crippen LogP contribution in [0.5, 0.6) is 5.75 Å². The van der Waals surface area contributed by atoms with E-state index in [4.69, 9.17) is 4.74 Å². The number of rotatable bonds is 5. The monoisotopic (exact) mass is 334 g/mol. The molecule has 3 rings (SSSR count). The van der Waals surface area contributed by atoms with Crippen molar-refractivity contribution in [2.45, 2.75) is 6.92 Å². The fourth-order valence-electron chi connectivity index (χ4n) is 2.27. The minimum atomic E-state index is -0.306. The van der Waals surface area contributed by atoms with Gasteiger partial charge in [-0.15, -0.1) is 0 Å². The smallest absolute Gasteiger partial charge is 0.274 e. The van der Waals surface area contributed by atoms with E-state index in [9.17, 15) is 4.79 Å². The van der Waals surface area contributed by atoms with Crippen LogP contribution in [0.3, 0.4) is 0 Å². The van der Waals surface area contributed by atoms with Crippen molar-refractivity contribution in [2.24, 2.45) is 0 Å². The van der Waals surface area contributed by atoms with Crippen molar-refractivity contribution in [3.63, 3.8) is 0 Å². The van der Waals surface area contributed by atoms with Crippen molar-refractivity contribution in [3.05, 3.63) is 72.1 Å². The standard InChI is InChI=1S/C19H18N4O2/c1-13-4-3-5-15(12-13)22-19-20-11-10-17(23-19)18(24)21-14-6-8-16(25-2)9-7-14/h3-12H,1-2H3,(H,21,24)(H,20,22,23). The summed E-state index contributed by atoms with van der Waals surface area (Å²) in [5.74, 6) is 0.789. The van der Waals surface area contributed by atoms with Crippen molar-refractivity contribution >= 4 is 23.2 Å². The van der Waals surface area contributed by atoms with E-state index in [1.165, 1.54) is 0 Å². The third kappa shape index (κ3) is 4.32. The van der Waals surface area contributed by atoms with Crippen molar-refractivity contribution < 1.29 is 9.53 Å². The highest BCUT2D eigenvalue weighted by Crippen LogP contribution is 2.17. The third-order valence-corrected chi connectivity index (χ3v) is 3.51. The zero-order chi connectivity index (χ0) is 17.6. The number of carbonyl (C=O) groups is 1.